The summed E-state index contributed by atoms with van der Waals surface area (Å²) in [6.07, 6.45) is 0. The molecule has 0 atom stereocenters. The van der Waals surface area contributed by atoms with E-state index in [4.69, 9.17) is 0 Å². The summed E-state index contributed by atoms with van der Waals surface area (Å²) in [5, 5.41) is 3.65. The van der Waals surface area contributed by atoms with E-state index in [1.165, 1.54) is 35.3 Å². The van der Waals surface area contributed by atoms with E-state index in [-0.39, 0.29) is 12.1 Å². The average Bonchev–Trinajstić information content (AvgIpc) is 3.09. The zero-order valence-corrected chi connectivity index (χ0v) is 14.6. The summed E-state index contributed by atoms with van der Waals surface area (Å²) in [6.45, 7) is 3.56. The molecule has 7 heteroatoms. The number of benzene rings is 2. The van der Waals surface area contributed by atoms with Crippen molar-refractivity contribution in [2.75, 3.05) is 16.8 Å². The van der Waals surface area contributed by atoms with Crippen LogP contribution in [0.1, 0.15) is 18.1 Å². The highest BCUT2D eigenvalue weighted by molar-refractivity contribution is 7.09. The lowest BCUT2D eigenvalue weighted by molar-refractivity contribution is 0.560. The van der Waals surface area contributed by atoms with Gasteiger partial charge in [-0.2, -0.15) is 9.36 Å². The van der Waals surface area contributed by atoms with Gasteiger partial charge in [0.2, 0.25) is 11.1 Å². The predicted octanol–water partition coefficient (Wildman–Crippen LogP) is 4.45. The minimum atomic E-state index is -0.581. The number of anilines is 2. The van der Waals surface area contributed by atoms with Crippen LogP contribution in [0.25, 0.3) is 0 Å². The van der Waals surface area contributed by atoms with E-state index in [2.05, 4.69) is 31.7 Å². The van der Waals surface area contributed by atoms with Crippen LogP contribution in [0.4, 0.5) is 19.9 Å². The lowest BCUT2D eigenvalue weighted by Gasteiger charge is -2.19. The van der Waals surface area contributed by atoms with E-state index in [1.807, 2.05) is 25.1 Å². The highest BCUT2D eigenvalue weighted by Crippen LogP contribution is 2.22. The quantitative estimate of drug-likeness (QED) is 0.676. The Bertz CT molecular complexity index is 803. The molecule has 3 aromatic rings. The van der Waals surface area contributed by atoms with Crippen LogP contribution >= 0.6 is 11.5 Å². The van der Waals surface area contributed by atoms with Crippen molar-refractivity contribution in [3.63, 3.8) is 0 Å². The topological polar surface area (TPSA) is 41.1 Å². The number of halogens is 2. The monoisotopic (exact) mass is 360 g/mol. The standard InChI is InChI=1S/C18H18F2N4S/c1-2-24(12-13-7-4-3-5-8-13)18-22-17(23-25-18)21-11-14-15(19)9-6-10-16(14)20/h3-10H,2,11-12H2,1H3,(H,21,23). The van der Waals surface area contributed by atoms with Crippen molar-refractivity contribution in [1.29, 1.82) is 0 Å². The highest BCUT2D eigenvalue weighted by Gasteiger charge is 2.13. The highest BCUT2D eigenvalue weighted by atomic mass is 32.1. The molecule has 0 bridgehead atoms. The summed E-state index contributed by atoms with van der Waals surface area (Å²) in [5.74, 6) is -0.793. The minimum Gasteiger partial charge on any atom is -0.349 e. The number of nitrogens with zero attached hydrogens (tertiary/aromatic N) is 3. The smallest absolute Gasteiger partial charge is 0.236 e. The predicted molar refractivity (Wildman–Crippen MR) is 96.8 cm³/mol. The van der Waals surface area contributed by atoms with E-state index < -0.39 is 11.6 Å². The van der Waals surface area contributed by atoms with E-state index in [1.54, 1.807) is 0 Å². The molecule has 0 aliphatic carbocycles. The molecule has 1 heterocycles. The zero-order chi connectivity index (χ0) is 17.6. The summed E-state index contributed by atoms with van der Waals surface area (Å²) in [5.41, 5.74) is 1.16. The third-order valence-corrected chi connectivity index (χ3v) is 4.55. The first kappa shape index (κ1) is 17.3. The normalized spacial score (nSPS) is 10.7. The second kappa shape index (κ2) is 8.02. The van der Waals surface area contributed by atoms with Crippen molar-refractivity contribution < 1.29 is 8.78 Å². The van der Waals surface area contributed by atoms with Crippen LogP contribution in [0.5, 0.6) is 0 Å². The molecule has 4 nitrogen and oxygen atoms in total. The van der Waals surface area contributed by atoms with Crippen LogP contribution in [0, 0.1) is 11.6 Å². The third-order valence-electron chi connectivity index (χ3n) is 3.77. The molecule has 0 unspecified atom stereocenters. The molecule has 0 saturated heterocycles. The molecule has 130 valence electrons. The first-order valence-electron chi connectivity index (χ1n) is 7.96. The maximum atomic E-state index is 13.7. The fraction of sp³-hybridized carbons (Fsp3) is 0.222. The SMILES string of the molecule is CCN(Cc1ccccc1)c1nc(NCc2c(F)cccc2F)ns1. The molecule has 0 spiro atoms. The summed E-state index contributed by atoms with van der Waals surface area (Å²) in [6, 6.07) is 13.9. The number of nitrogens with one attached hydrogen (secondary N) is 1. The lowest BCUT2D eigenvalue weighted by atomic mass is 10.2. The second-order valence-electron chi connectivity index (χ2n) is 5.45. The van der Waals surface area contributed by atoms with Gasteiger partial charge in [-0.1, -0.05) is 36.4 Å². The molecule has 0 saturated carbocycles. The van der Waals surface area contributed by atoms with Crippen LogP contribution in [0.3, 0.4) is 0 Å². The Morgan fingerprint density at radius 3 is 2.44 bits per heavy atom. The Hall–Kier alpha value is -2.54. The van der Waals surface area contributed by atoms with Gasteiger partial charge < -0.3 is 10.2 Å². The van der Waals surface area contributed by atoms with Crippen molar-refractivity contribution in [2.45, 2.75) is 20.0 Å². The van der Waals surface area contributed by atoms with Gasteiger partial charge >= 0.3 is 0 Å². The average molecular weight is 360 g/mol. The Morgan fingerprint density at radius 1 is 1.04 bits per heavy atom. The molecule has 0 aliphatic heterocycles. The van der Waals surface area contributed by atoms with Crippen LogP contribution < -0.4 is 10.2 Å². The fourth-order valence-electron chi connectivity index (χ4n) is 2.40. The molecule has 0 fully saturated rings. The molecule has 1 N–H and O–H groups in total. The van der Waals surface area contributed by atoms with Gasteiger partial charge in [0.15, 0.2) is 0 Å². The molecular weight excluding hydrogens is 342 g/mol. The summed E-state index contributed by atoms with van der Waals surface area (Å²) in [7, 11) is 0. The summed E-state index contributed by atoms with van der Waals surface area (Å²) in [4.78, 5) is 6.53. The number of rotatable bonds is 7. The number of hydrogen-bond donors (Lipinski definition) is 1. The van der Waals surface area contributed by atoms with Gasteiger partial charge in [-0.3, -0.25) is 0 Å². The molecule has 1 aromatic heterocycles. The lowest BCUT2D eigenvalue weighted by Crippen LogP contribution is -2.21. The van der Waals surface area contributed by atoms with Gasteiger partial charge in [0.25, 0.3) is 0 Å². The van der Waals surface area contributed by atoms with Gasteiger partial charge in [0, 0.05) is 36.7 Å². The fourth-order valence-corrected chi connectivity index (χ4v) is 3.11. The largest absolute Gasteiger partial charge is 0.349 e. The zero-order valence-electron chi connectivity index (χ0n) is 13.7. The first-order chi connectivity index (χ1) is 12.2. The van der Waals surface area contributed by atoms with Crippen LogP contribution in [-0.4, -0.2) is 15.9 Å². The number of hydrogen-bond acceptors (Lipinski definition) is 5. The minimum absolute atomic E-state index is 0.000506. The maximum absolute atomic E-state index is 13.7. The van der Waals surface area contributed by atoms with E-state index in [0.717, 1.165) is 18.2 Å². The van der Waals surface area contributed by atoms with E-state index in [0.29, 0.717) is 5.95 Å². The Kier molecular flexibility index (Phi) is 5.55. The van der Waals surface area contributed by atoms with Gasteiger partial charge in [0.05, 0.1) is 0 Å². The van der Waals surface area contributed by atoms with Crippen molar-refractivity contribution in [3.8, 4) is 0 Å². The summed E-state index contributed by atoms with van der Waals surface area (Å²) < 4.78 is 31.5. The Morgan fingerprint density at radius 2 is 1.76 bits per heavy atom. The van der Waals surface area contributed by atoms with Gasteiger partial charge in [-0.25, -0.2) is 8.78 Å². The van der Waals surface area contributed by atoms with Crippen LogP contribution in [0.2, 0.25) is 0 Å². The summed E-state index contributed by atoms with van der Waals surface area (Å²) >= 11 is 1.26. The third kappa shape index (κ3) is 4.30. The van der Waals surface area contributed by atoms with Gasteiger partial charge in [-0.15, -0.1) is 0 Å². The molecular formula is C18H18F2N4S. The molecule has 0 radical (unpaired) electrons. The molecule has 0 aliphatic rings. The van der Waals surface area contributed by atoms with E-state index >= 15 is 0 Å². The molecule has 25 heavy (non-hydrogen) atoms. The molecule has 0 amide bonds. The molecule has 3 rings (SSSR count). The van der Waals surface area contributed by atoms with Crippen LogP contribution in [0.15, 0.2) is 48.5 Å². The van der Waals surface area contributed by atoms with Crippen molar-refractivity contribution in [1.82, 2.24) is 9.36 Å². The Balaban J connectivity index is 1.67. The van der Waals surface area contributed by atoms with Crippen molar-refractivity contribution in [3.05, 3.63) is 71.3 Å². The van der Waals surface area contributed by atoms with E-state index in [9.17, 15) is 8.78 Å². The maximum Gasteiger partial charge on any atom is 0.236 e. The second-order valence-corrected chi connectivity index (χ2v) is 6.18. The van der Waals surface area contributed by atoms with Gasteiger partial charge in [0.1, 0.15) is 11.6 Å². The van der Waals surface area contributed by atoms with Crippen LogP contribution in [-0.2, 0) is 13.1 Å². The molecule has 2 aromatic carbocycles. The van der Waals surface area contributed by atoms with Gasteiger partial charge in [-0.05, 0) is 24.6 Å². The first-order valence-corrected chi connectivity index (χ1v) is 8.74. The van der Waals surface area contributed by atoms with Crippen molar-refractivity contribution in [2.24, 2.45) is 0 Å². The Labute approximate surface area is 149 Å². The van der Waals surface area contributed by atoms with Crippen molar-refractivity contribution >= 4 is 22.6 Å². The number of aromatic nitrogens is 2.